The highest BCUT2D eigenvalue weighted by Gasteiger charge is 2.31. The van der Waals surface area contributed by atoms with Crippen LogP contribution in [-0.2, 0) is 5.41 Å². The second-order valence-corrected chi connectivity index (χ2v) is 5.21. The highest BCUT2D eigenvalue weighted by molar-refractivity contribution is 5.75. The normalized spacial score (nSPS) is 24.6. The van der Waals surface area contributed by atoms with Crippen LogP contribution in [0.15, 0.2) is 12.1 Å². The van der Waals surface area contributed by atoms with Crippen LogP contribution in [-0.4, -0.2) is 23.1 Å². The minimum atomic E-state index is -0.854. The van der Waals surface area contributed by atoms with Crippen LogP contribution in [0, 0.1) is 11.6 Å². The van der Waals surface area contributed by atoms with Gasteiger partial charge < -0.3 is 10.3 Å². The number of aromatic nitrogens is 2. The van der Waals surface area contributed by atoms with Gasteiger partial charge in [-0.3, -0.25) is 0 Å². The van der Waals surface area contributed by atoms with Crippen molar-refractivity contribution in [2.75, 3.05) is 13.1 Å². The number of hydrogen-bond acceptors (Lipinski definition) is 2. The van der Waals surface area contributed by atoms with Crippen molar-refractivity contribution in [2.24, 2.45) is 0 Å². The first kappa shape index (κ1) is 11.6. The summed E-state index contributed by atoms with van der Waals surface area (Å²) in [5.41, 5.74) is 0.941. The average Bonchev–Trinajstić information content (AvgIpc) is 2.74. The maximum absolute atomic E-state index is 13.2. The van der Waals surface area contributed by atoms with Gasteiger partial charge in [-0.05, 0) is 19.4 Å². The molecule has 1 saturated heterocycles. The van der Waals surface area contributed by atoms with E-state index in [2.05, 4.69) is 22.2 Å². The van der Waals surface area contributed by atoms with E-state index < -0.39 is 11.6 Å². The summed E-state index contributed by atoms with van der Waals surface area (Å²) < 4.78 is 26.3. The van der Waals surface area contributed by atoms with Crippen molar-refractivity contribution in [3.63, 3.8) is 0 Å². The fourth-order valence-electron chi connectivity index (χ4n) is 2.55. The Hall–Kier alpha value is -1.49. The lowest BCUT2D eigenvalue weighted by Gasteiger charge is -2.32. The van der Waals surface area contributed by atoms with Gasteiger partial charge in [-0.1, -0.05) is 6.92 Å². The standard InChI is InChI=1S/C13H15F2N3/c1-13(3-2-4-16-7-13)12-17-10-5-8(14)9(15)6-11(10)18-12/h5-6,16H,2-4,7H2,1H3,(H,17,18). The number of piperidine rings is 1. The summed E-state index contributed by atoms with van der Waals surface area (Å²) in [6.45, 7) is 3.96. The van der Waals surface area contributed by atoms with Gasteiger partial charge in [0.1, 0.15) is 5.82 Å². The molecule has 1 aromatic carbocycles. The van der Waals surface area contributed by atoms with Crippen LogP contribution in [0.5, 0.6) is 0 Å². The number of rotatable bonds is 1. The number of nitrogens with one attached hydrogen (secondary N) is 2. The van der Waals surface area contributed by atoms with Gasteiger partial charge >= 0.3 is 0 Å². The fourth-order valence-corrected chi connectivity index (χ4v) is 2.55. The molecule has 18 heavy (non-hydrogen) atoms. The molecule has 0 bridgehead atoms. The van der Waals surface area contributed by atoms with E-state index in [4.69, 9.17) is 0 Å². The maximum Gasteiger partial charge on any atom is 0.161 e. The molecule has 0 spiro atoms. The van der Waals surface area contributed by atoms with Crippen LogP contribution >= 0.6 is 0 Å². The number of nitrogens with zero attached hydrogens (tertiary/aromatic N) is 1. The molecule has 2 heterocycles. The molecule has 0 aliphatic carbocycles. The van der Waals surface area contributed by atoms with Gasteiger partial charge in [-0.2, -0.15) is 0 Å². The van der Waals surface area contributed by atoms with Gasteiger partial charge in [-0.25, -0.2) is 13.8 Å². The van der Waals surface area contributed by atoms with Crippen molar-refractivity contribution in [3.05, 3.63) is 29.6 Å². The first-order valence-corrected chi connectivity index (χ1v) is 6.14. The largest absolute Gasteiger partial charge is 0.341 e. The molecule has 1 aliphatic heterocycles. The summed E-state index contributed by atoms with van der Waals surface area (Å²) in [5.74, 6) is -0.896. The monoisotopic (exact) mass is 251 g/mol. The second-order valence-electron chi connectivity index (χ2n) is 5.21. The van der Waals surface area contributed by atoms with Crippen LogP contribution in [0.4, 0.5) is 8.78 Å². The Bertz CT molecular complexity index is 546. The van der Waals surface area contributed by atoms with Gasteiger partial charge in [-0.15, -0.1) is 0 Å². The van der Waals surface area contributed by atoms with E-state index >= 15 is 0 Å². The van der Waals surface area contributed by atoms with E-state index in [1.807, 2.05) is 0 Å². The molecule has 0 saturated carbocycles. The van der Waals surface area contributed by atoms with Crippen molar-refractivity contribution >= 4 is 11.0 Å². The molecule has 2 aromatic rings. The molecule has 0 amide bonds. The summed E-state index contributed by atoms with van der Waals surface area (Å²) in [4.78, 5) is 7.52. The Morgan fingerprint density at radius 2 is 2.06 bits per heavy atom. The SMILES string of the molecule is CC1(c2nc3cc(F)c(F)cc3[nH]2)CCCNC1. The average molecular weight is 251 g/mol. The zero-order chi connectivity index (χ0) is 12.8. The zero-order valence-corrected chi connectivity index (χ0v) is 10.2. The second kappa shape index (κ2) is 4.02. The molecule has 0 radical (unpaired) electrons. The Morgan fingerprint density at radius 3 is 2.78 bits per heavy atom. The fraction of sp³-hybridized carbons (Fsp3) is 0.462. The lowest BCUT2D eigenvalue weighted by Crippen LogP contribution is -2.41. The van der Waals surface area contributed by atoms with E-state index in [1.165, 1.54) is 6.07 Å². The summed E-state index contributed by atoms with van der Waals surface area (Å²) >= 11 is 0. The Morgan fingerprint density at radius 1 is 1.28 bits per heavy atom. The van der Waals surface area contributed by atoms with E-state index in [1.54, 1.807) is 0 Å². The number of fused-ring (bicyclic) bond motifs is 1. The Labute approximate surface area is 104 Å². The van der Waals surface area contributed by atoms with Crippen LogP contribution < -0.4 is 5.32 Å². The summed E-state index contributed by atoms with van der Waals surface area (Å²) in [5, 5.41) is 3.33. The number of H-pyrrole nitrogens is 1. The van der Waals surface area contributed by atoms with Gasteiger partial charge in [0, 0.05) is 24.1 Å². The summed E-state index contributed by atoms with van der Waals surface area (Å²) in [7, 11) is 0. The van der Waals surface area contributed by atoms with Crippen molar-refractivity contribution in [1.29, 1.82) is 0 Å². The Balaban J connectivity index is 2.07. The number of hydrogen-bond donors (Lipinski definition) is 2. The van der Waals surface area contributed by atoms with Gasteiger partial charge in [0.15, 0.2) is 11.6 Å². The molecule has 1 aliphatic rings. The molecular formula is C13H15F2N3. The van der Waals surface area contributed by atoms with E-state index in [0.717, 1.165) is 37.8 Å². The predicted octanol–water partition coefficient (Wildman–Crippen LogP) is 2.48. The first-order chi connectivity index (χ1) is 8.58. The molecule has 5 heteroatoms. The van der Waals surface area contributed by atoms with Gasteiger partial charge in [0.05, 0.1) is 11.0 Å². The van der Waals surface area contributed by atoms with Gasteiger partial charge in [0.25, 0.3) is 0 Å². The third-order valence-corrected chi connectivity index (χ3v) is 3.69. The number of halogens is 2. The topological polar surface area (TPSA) is 40.7 Å². The maximum atomic E-state index is 13.2. The molecule has 1 fully saturated rings. The minimum absolute atomic E-state index is 0.0930. The molecular weight excluding hydrogens is 236 g/mol. The first-order valence-electron chi connectivity index (χ1n) is 6.14. The van der Waals surface area contributed by atoms with Crippen molar-refractivity contribution < 1.29 is 8.78 Å². The van der Waals surface area contributed by atoms with Crippen LogP contribution in [0.3, 0.4) is 0 Å². The van der Waals surface area contributed by atoms with E-state index in [-0.39, 0.29) is 5.41 Å². The lowest BCUT2D eigenvalue weighted by molar-refractivity contribution is 0.326. The van der Waals surface area contributed by atoms with Crippen LogP contribution in [0.2, 0.25) is 0 Å². The molecule has 96 valence electrons. The minimum Gasteiger partial charge on any atom is -0.341 e. The molecule has 3 rings (SSSR count). The van der Waals surface area contributed by atoms with Gasteiger partial charge in [0.2, 0.25) is 0 Å². The molecule has 3 nitrogen and oxygen atoms in total. The zero-order valence-electron chi connectivity index (χ0n) is 10.2. The third-order valence-electron chi connectivity index (χ3n) is 3.69. The number of benzene rings is 1. The quantitative estimate of drug-likeness (QED) is 0.817. The van der Waals surface area contributed by atoms with E-state index in [0.29, 0.717) is 11.0 Å². The highest BCUT2D eigenvalue weighted by atomic mass is 19.2. The number of aromatic amines is 1. The van der Waals surface area contributed by atoms with E-state index in [9.17, 15) is 8.78 Å². The smallest absolute Gasteiger partial charge is 0.161 e. The Kier molecular flexibility index (Phi) is 2.59. The molecule has 2 N–H and O–H groups in total. The van der Waals surface area contributed by atoms with Crippen molar-refractivity contribution in [2.45, 2.75) is 25.2 Å². The van der Waals surface area contributed by atoms with Crippen LogP contribution in [0.25, 0.3) is 11.0 Å². The van der Waals surface area contributed by atoms with Crippen LogP contribution in [0.1, 0.15) is 25.6 Å². The predicted molar refractivity (Wildman–Crippen MR) is 65.5 cm³/mol. The molecule has 1 aromatic heterocycles. The molecule has 1 unspecified atom stereocenters. The van der Waals surface area contributed by atoms with Crippen molar-refractivity contribution in [3.8, 4) is 0 Å². The number of imidazole rings is 1. The van der Waals surface area contributed by atoms with Crippen molar-refractivity contribution in [1.82, 2.24) is 15.3 Å². The molecule has 1 atom stereocenters. The third kappa shape index (κ3) is 1.79. The highest BCUT2D eigenvalue weighted by Crippen LogP contribution is 2.30. The lowest BCUT2D eigenvalue weighted by atomic mass is 9.82. The summed E-state index contributed by atoms with van der Waals surface area (Å²) in [6, 6.07) is 2.31. The summed E-state index contributed by atoms with van der Waals surface area (Å²) in [6.07, 6.45) is 2.10.